The summed E-state index contributed by atoms with van der Waals surface area (Å²) in [5.74, 6) is 0.358. The summed E-state index contributed by atoms with van der Waals surface area (Å²) in [6.07, 6.45) is 2.40. The Hall–Kier alpha value is -3.10. The topological polar surface area (TPSA) is 62.3 Å². The van der Waals surface area contributed by atoms with E-state index < -0.39 is 5.41 Å². The molecule has 7 nitrogen and oxygen atoms in total. The van der Waals surface area contributed by atoms with E-state index in [0.717, 1.165) is 62.6 Å². The minimum absolute atomic E-state index is 0.0477. The zero-order valence-electron chi connectivity index (χ0n) is 25.1. The SMILES string of the molecule is CC(C)(C)C(=O)OCN1C(=O)CC(C)(C)c2ccc(OCCCCN3CCN(c4cccc5sccc45)CC3)cc21. The first-order valence-corrected chi connectivity index (χ1v) is 15.6. The van der Waals surface area contributed by atoms with Crippen molar-refractivity contribution in [3.63, 3.8) is 0 Å². The number of amides is 1. The zero-order valence-corrected chi connectivity index (χ0v) is 25.9. The summed E-state index contributed by atoms with van der Waals surface area (Å²) in [6, 6.07) is 14.8. The smallest absolute Gasteiger partial charge is 0.312 e. The summed E-state index contributed by atoms with van der Waals surface area (Å²) in [4.78, 5) is 32.0. The lowest BCUT2D eigenvalue weighted by molar-refractivity contribution is -0.153. The zero-order chi connectivity index (χ0) is 29.2. The van der Waals surface area contributed by atoms with Crippen LogP contribution in [-0.4, -0.2) is 62.8 Å². The van der Waals surface area contributed by atoms with Crippen molar-refractivity contribution in [2.75, 3.05) is 55.9 Å². The number of thiophene rings is 1. The van der Waals surface area contributed by atoms with Crippen molar-refractivity contribution < 1.29 is 19.1 Å². The standard InChI is InChI=1S/C33H43N3O4S/c1-32(2,3)31(38)40-23-36-28-21-24(11-12-26(28)33(4,5)22-30(36)37)39-19-7-6-14-34-15-17-35(18-16-34)27-9-8-10-29-25(27)13-20-41-29/h8-13,20-21H,6-7,14-19,22-23H2,1-5H3. The number of hydrogen-bond acceptors (Lipinski definition) is 7. The Balaban J connectivity index is 1.10. The summed E-state index contributed by atoms with van der Waals surface area (Å²) in [6.45, 7) is 15.4. The van der Waals surface area contributed by atoms with Gasteiger partial charge in [-0.25, -0.2) is 0 Å². The minimum atomic E-state index is -0.627. The predicted molar refractivity (Wildman–Crippen MR) is 167 cm³/mol. The van der Waals surface area contributed by atoms with Crippen molar-refractivity contribution >= 4 is 44.7 Å². The fourth-order valence-electron chi connectivity index (χ4n) is 5.67. The van der Waals surface area contributed by atoms with Gasteiger partial charge in [0.05, 0.1) is 17.7 Å². The van der Waals surface area contributed by atoms with Gasteiger partial charge in [-0.3, -0.25) is 19.4 Å². The van der Waals surface area contributed by atoms with E-state index in [1.165, 1.54) is 15.8 Å². The fourth-order valence-corrected chi connectivity index (χ4v) is 6.48. The molecule has 5 rings (SSSR count). The van der Waals surface area contributed by atoms with Gasteiger partial charge in [-0.15, -0.1) is 11.3 Å². The number of unbranched alkanes of at least 4 members (excludes halogenated alkanes) is 1. The van der Waals surface area contributed by atoms with Crippen LogP contribution in [0.2, 0.25) is 0 Å². The fraction of sp³-hybridized carbons (Fsp3) is 0.515. The van der Waals surface area contributed by atoms with Gasteiger partial charge in [-0.1, -0.05) is 26.0 Å². The molecular weight excluding hydrogens is 534 g/mol. The van der Waals surface area contributed by atoms with Crippen molar-refractivity contribution in [3.05, 3.63) is 53.4 Å². The van der Waals surface area contributed by atoms with Gasteiger partial charge < -0.3 is 14.4 Å². The van der Waals surface area contributed by atoms with Crippen LogP contribution >= 0.6 is 11.3 Å². The molecule has 0 atom stereocenters. The Labute approximate surface area is 248 Å². The summed E-state index contributed by atoms with van der Waals surface area (Å²) in [5, 5.41) is 3.55. The number of nitrogens with zero attached hydrogens (tertiary/aromatic N) is 3. The third-order valence-corrected chi connectivity index (χ3v) is 9.03. The average molecular weight is 578 g/mol. The molecule has 3 heterocycles. The molecule has 1 fully saturated rings. The Bertz CT molecular complexity index is 1380. The number of esters is 1. The first-order chi connectivity index (χ1) is 19.5. The van der Waals surface area contributed by atoms with E-state index in [-0.39, 0.29) is 24.0 Å². The molecule has 3 aromatic rings. The summed E-state index contributed by atoms with van der Waals surface area (Å²) >= 11 is 1.81. The van der Waals surface area contributed by atoms with Gasteiger partial charge in [-0.05, 0) is 75.4 Å². The maximum absolute atomic E-state index is 13.0. The van der Waals surface area contributed by atoms with E-state index in [9.17, 15) is 9.59 Å². The van der Waals surface area contributed by atoms with E-state index in [1.54, 1.807) is 16.2 Å². The largest absolute Gasteiger partial charge is 0.494 e. The van der Waals surface area contributed by atoms with Crippen LogP contribution in [0.25, 0.3) is 10.1 Å². The maximum Gasteiger partial charge on any atom is 0.312 e. The van der Waals surface area contributed by atoms with Crippen LogP contribution in [0.5, 0.6) is 5.75 Å². The second-order valence-electron chi connectivity index (χ2n) is 12.9. The van der Waals surface area contributed by atoms with E-state index in [2.05, 4.69) is 53.3 Å². The molecule has 0 unspecified atom stereocenters. The summed E-state index contributed by atoms with van der Waals surface area (Å²) < 4.78 is 13.0. The average Bonchev–Trinajstić information content (AvgIpc) is 3.41. The molecule has 0 bridgehead atoms. The molecule has 0 aliphatic carbocycles. The van der Waals surface area contributed by atoms with E-state index in [0.29, 0.717) is 13.0 Å². The van der Waals surface area contributed by atoms with E-state index in [1.807, 2.05) is 39.0 Å². The molecule has 0 spiro atoms. The Morgan fingerprint density at radius 1 is 1.00 bits per heavy atom. The van der Waals surface area contributed by atoms with Crippen LogP contribution in [0.4, 0.5) is 11.4 Å². The van der Waals surface area contributed by atoms with Crippen LogP contribution in [0, 0.1) is 5.41 Å². The number of piperazine rings is 1. The Morgan fingerprint density at radius 2 is 1.78 bits per heavy atom. The van der Waals surface area contributed by atoms with Crippen LogP contribution in [0.1, 0.15) is 59.4 Å². The molecule has 0 saturated carbocycles. The number of rotatable bonds is 9. The molecule has 0 N–H and O–H groups in total. The maximum atomic E-state index is 13.0. The Morgan fingerprint density at radius 3 is 2.54 bits per heavy atom. The minimum Gasteiger partial charge on any atom is -0.494 e. The number of anilines is 2. The highest BCUT2D eigenvalue weighted by Crippen LogP contribution is 2.42. The number of ether oxygens (including phenoxy) is 2. The molecule has 2 aliphatic rings. The highest BCUT2D eigenvalue weighted by atomic mass is 32.1. The lowest BCUT2D eigenvalue weighted by Gasteiger charge is -2.38. The number of benzene rings is 2. The van der Waals surface area contributed by atoms with Gasteiger partial charge in [0.2, 0.25) is 5.91 Å². The van der Waals surface area contributed by atoms with Gasteiger partial charge in [-0.2, -0.15) is 0 Å². The van der Waals surface area contributed by atoms with Crippen LogP contribution in [0.15, 0.2) is 47.8 Å². The number of carbonyl (C=O) groups is 2. The molecule has 2 aliphatic heterocycles. The van der Waals surface area contributed by atoms with E-state index >= 15 is 0 Å². The van der Waals surface area contributed by atoms with Crippen LogP contribution < -0.4 is 14.5 Å². The Kier molecular flexibility index (Phi) is 8.62. The van der Waals surface area contributed by atoms with E-state index in [4.69, 9.17) is 9.47 Å². The summed E-state index contributed by atoms with van der Waals surface area (Å²) in [5.41, 5.74) is 2.26. The monoisotopic (exact) mass is 577 g/mol. The highest BCUT2D eigenvalue weighted by molar-refractivity contribution is 7.17. The molecule has 41 heavy (non-hydrogen) atoms. The highest BCUT2D eigenvalue weighted by Gasteiger charge is 2.38. The quantitative estimate of drug-likeness (QED) is 0.215. The molecule has 1 saturated heterocycles. The van der Waals surface area contributed by atoms with Gasteiger partial charge in [0, 0.05) is 59.9 Å². The lowest BCUT2D eigenvalue weighted by Crippen LogP contribution is -2.46. The third kappa shape index (κ3) is 6.70. The molecule has 1 aromatic heterocycles. The van der Waals surface area contributed by atoms with Crippen molar-refractivity contribution in [2.24, 2.45) is 5.41 Å². The molecule has 1 amide bonds. The number of carbonyl (C=O) groups excluding carboxylic acids is 2. The summed E-state index contributed by atoms with van der Waals surface area (Å²) in [7, 11) is 0. The first kappa shape index (κ1) is 29.4. The molecular formula is C33H43N3O4S. The first-order valence-electron chi connectivity index (χ1n) is 14.7. The van der Waals surface area contributed by atoms with Crippen molar-refractivity contribution in [3.8, 4) is 5.75 Å². The van der Waals surface area contributed by atoms with Gasteiger partial charge in [0.25, 0.3) is 0 Å². The number of hydrogen-bond donors (Lipinski definition) is 0. The van der Waals surface area contributed by atoms with Gasteiger partial charge in [0.15, 0.2) is 6.73 Å². The van der Waals surface area contributed by atoms with Gasteiger partial charge in [0.1, 0.15) is 5.75 Å². The van der Waals surface area contributed by atoms with Gasteiger partial charge >= 0.3 is 5.97 Å². The van der Waals surface area contributed by atoms with Crippen molar-refractivity contribution in [1.29, 1.82) is 0 Å². The lowest BCUT2D eigenvalue weighted by atomic mass is 9.77. The molecule has 220 valence electrons. The van der Waals surface area contributed by atoms with Crippen LogP contribution in [-0.2, 0) is 19.7 Å². The molecule has 0 radical (unpaired) electrons. The predicted octanol–water partition coefficient (Wildman–Crippen LogP) is 6.44. The van der Waals surface area contributed by atoms with Crippen molar-refractivity contribution in [2.45, 2.75) is 59.3 Å². The van der Waals surface area contributed by atoms with Crippen molar-refractivity contribution in [1.82, 2.24) is 4.90 Å². The third-order valence-electron chi connectivity index (χ3n) is 8.14. The van der Waals surface area contributed by atoms with Crippen LogP contribution in [0.3, 0.4) is 0 Å². The normalized spacial score (nSPS) is 17.5. The second kappa shape index (κ2) is 12.0. The second-order valence-corrected chi connectivity index (χ2v) is 13.8. The molecule has 8 heteroatoms. The molecule has 2 aromatic carbocycles. The number of fused-ring (bicyclic) bond motifs is 2.